The van der Waals surface area contributed by atoms with Crippen molar-refractivity contribution in [2.24, 2.45) is 4.99 Å². The minimum atomic E-state index is 0.761. The number of nitrogens with one attached hydrogen (secondary N) is 2. The summed E-state index contributed by atoms with van der Waals surface area (Å²) in [6, 6.07) is 7.99. The molecule has 1 aliphatic heterocycles. The number of guanidine groups is 1. The monoisotopic (exact) mass is 447 g/mol. The summed E-state index contributed by atoms with van der Waals surface area (Å²) < 4.78 is 7.49. The van der Waals surface area contributed by atoms with E-state index in [2.05, 4.69) is 43.3 Å². The van der Waals surface area contributed by atoms with E-state index < -0.39 is 0 Å². The molecule has 0 aliphatic carbocycles. The third-order valence-electron chi connectivity index (χ3n) is 5.26. The van der Waals surface area contributed by atoms with Crippen LogP contribution in [0, 0.1) is 0 Å². The van der Waals surface area contributed by atoms with Gasteiger partial charge >= 0.3 is 0 Å². The average molecular weight is 448 g/mol. The topological polar surface area (TPSA) is 79.6 Å². The van der Waals surface area contributed by atoms with Gasteiger partial charge in [-0.2, -0.15) is 0 Å². The van der Waals surface area contributed by atoms with Gasteiger partial charge in [0.1, 0.15) is 12.2 Å². The van der Waals surface area contributed by atoms with Gasteiger partial charge in [0.05, 0.1) is 13.2 Å². The SMILES string of the molecule is CCc1nncn1CCNC(=NCCCN1CCOCC1)NCCc1cccc(Cl)c1. The molecule has 0 atom stereocenters. The molecule has 31 heavy (non-hydrogen) atoms. The minimum Gasteiger partial charge on any atom is -0.379 e. The second kappa shape index (κ2) is 13.3. The molecule has 0 saturated carbocycles. The number of morpholine rings is 1. The molecular formula is C22H34ClN7O. The van der Waals surface area contributed by atoms with E-state index in [1.54, 1.807) is 6.33 Å². The summed E-state index contributed by atoms with van der Waals surface area (Å²) in [6.45, 7) is 10.0. The van der Waals surface area contributed by atoms with Crippen LogP contribution in [-0.4, -0.2) is 78.1 Å². The summed E-state index contributed by atoms with van der Waals surface area (Å²) in [5, 5.41) is 15.8. The molecule has 2 aromatic rings. The van der Waals surface area contributed by atoms with Gasteiger partial charge in [-0.1, -0.05) is 30.7 Å². The quantitative estimate of drug-likeness (QED) is 0.311. The Morgan fingerprint density at radius 3 is 2.84 bits per heavy atom. The highest BCUT2D eigenvalue weighted by atomic mass is 35.5. The maximum absolute atomic E-state index is 6.10. The summed E-state index contributed by atoms with van der Waals surface area (Å²) in [4.78, 5) is 7.23. The number of benzene rings is 1. The van der Waals surface area contributed by atoms with Gasteiger partial charge in [0, 0.05) is 57.3 Å². The van der Waals surface area contributed by atoms with Crippen molar-refractivity contribution >= 4 is 17.6 Å². The average Bonchev–Trinajstić information content (AvgIpc) is 3.24. The van der Waals surface area contributed by atoms with Crippen LogP contribution in [0.5, 0.6) is 0 Å². The first kappa shape index (κ1) is 23.5. The van der Waals surface area contributed by atoms with Gasteiger partial charge < -0.3 is 19.9 Å². The molecule has 1 aromatic heterocycles. The number of ether oxygens (including phenoxy) is 1. The highest BCUT2D eigenvalue weighted by Crippen LogP contribution is 2.10. The highest BCUT2D eigenvalue weighted by Gasteiger charge is 2.09. The van der Waals surface area contributed by atoms with Crippen LogP contribution < -0.4 is 10.6 Å². The number of nitrogens with zero attached hydrogens (tertiary/aromatic N) is 5. The van der Waals surface area contributed by atoms with Crippen molar-refractivity contribution in [3.05, 3.63) is 47.0 Å². The molecule has 170 valence electrons. The summed E-state index contributed by atoms with van der Waals surface area (Å²) in [5.74, 6) is 1.84. The first-order valence-electron chi connectivity index (χ1n) is 11.2. The lowest BCUT2D eigenvalue weighted by molar-refractivity contribution is 0.0377. The number of hydrogen-bond acceptors (Lipinski definition) is 5. The maximum atomic E-state index is 6.10. The number of aryl methyl sites for hydroxylation is 1. The zero-order valence-electron chi connectivity index (χ0n) is 18.4. The van der Waals surface area contributed by atoms with Crippen LogP contribution in [0.15, 0.2) is 35.6 Å². The summed E-state index contributed by atoms with van der Waals surface area (Å²) in [6.07, 6.45) is 4.58. The van der Waals surface area contributed by atoms with Crippen LogP contribution in [0.4, 0.5) is 0 Å². The Labute approximate surface area is 190 Å². The minimum absolute atomic E-state index is 0.761. The van der Waals surface area contributed by atoms with Gasteiger partial charge in [0.15, 0.2) is 5.96 Å². The molecule has 8 nitrogen and oxygen atoms in total. The molecule has 3 rings (SSSR count). The normalized spacial score (nSPS) is 15.2. The number of hydrogen-bond donors (Lipinski definition) is 2. The second-order valence-corrected chi connectivity index (χ2v) is 8.00. The van der Waals surface area contributed by atoms with E-state index in [0.29, 0.717) is 0 Å². The number of rotatable bonds is 11. The molecule has 2 heterocycles. The fourth-order valence-corrected chi connectivity index (χ4v) is 3.75. The predicted molar refractivity (Wildman–Crippen MR) is 125 cm³/mol. The molecule has 1 fully saturated rings. The van der Waals surface area contributed by atoms with Crippen molar-refractivity contribution in [3.8, 4) is 0 Å². The van der Waals surface area contributed by atoms with Crippen LogP contribution in [-0.2, 0) is 24.1 Å². The third-order valence-corrected chi connectivity index (χ3v) is 5.49. The maximum Gasteiger partial charge on any atom is 0.191 e. The van der Waals surface area contributed by atoms with E-state index >= 15 is 0 Å². The van der Waals surface area contributed by atoms with Crippen molar-refractivity contribution in [1.82, 2.24) is 30.3 Å². The number of aromatic nitrogens is 3. The smallest absolute Gasteiger partial charge is 0.191 e. The first-order chi connectivity index (χ1) is 15.2. The largest absolute Gasteiger partial charge is 0.379 e. The fourth-order valence-electron chi connectivity index (χ4n) is 3.54. The van der Waals surface area contributed by atoms with Crippen LogP contribution in [0.1, 0.15) is 24.7 Å². The summed E-state index contributed by atoms with van der Waals surface area (Å²) in [5.41, 5.74) is 1.21. The molecule has 0 bridgehead atoms. The van der Waals surface area contributed by atoms with Crippen LogP contribution >= 0.6 is 11.6 Å². The van der Waals surface area contributed by atoms with E-state index in [0.717, 1.165) is 95.1 Å². The van der Waals surface area contributed by atoms with E-state index in [4.69, 9.17) is 21.3 Å². The molecule has 9 heteroatoms. The van der Waals surface area contributed by atoms with Crippen molar-refractivity contribution in [2.45, 2.75) is 32.7 Å². The number of halogens is 1. The molecule has 1 aliphatic rings. The van der Waals surface area contributed by atoms with Gasteiger partial charge in [0.2, 0.25) is 0 Å². The lowest BCUT2D eigenvalue weighted by Gasteiger charge is -2.26. The molecular weight excluding hydrogens is 414 g/mol. The Hall–Kier alpha value is -2.16. The lowest BCUT2D eigenvalue weighted by atomic mass is 10.1. The Kier molecular flexibility index (Phi) is 10.1. The Balaban J connectivity index is 1.46. The van der Waals surface area contributed by atoms with E-state index in [-0.39, 0.29) is 0 Å². The molecule has 0 spiro atoms. The van der Waals surface area contributed by atoms with Crippen molar-refractivity contribution < 1.29 is 4.74 Å². The molecule has 0 unspecified atom stereocenters. The summed E-state index contributed by atoms with van der Waals surface area (Å²) in [7, 11) is 0. The Bertz CT molecular complexity index is 805. The molecule has 2 N–H and O–H groups in total. The van der Waals surface area contributed by atoms with Crippen LogP contribution in [0.2, 0.25) is 5.02 Å². The lowest BCUT2D eigenvalue weighted by Crippen LogP contribution is -2.40. The zero-order chi connectivity index (χ0) is 21.7. The van der Waals surface area contributed by atoms with Gasteiger partial charge in [-0.05, 0) is 30.5 Å². The predicted octanol–water partition coefficient (Wildman–Crippen LogP) is 1.99. The Morgan fingerprint density at radius 1 is 1.19 bits per heavy atom. The zero-order valence-corrected chi connectivity index (χ0v) is 19.2. The van der Waals surface area contributed by atoms with Crippen molar-refractivity contribution in [3.63, 3.8) is 0 Å². The molecule has 0 radical (unpaired) electrons. The third kappa shape index (κ3) is 8.47. The van der Waals surface area contributed by atoms with Crippen molar-refractivity contribution in [2.75, 3.05) is 52.5 Å². The van der Waals surface area contributed by atoms with Crippen LogP contribution in [0.3, 0.4) is 0 Å². The van der Waals surface area contributed by atoms with E-state index in [9.17, 15) is 0 Å². The molecule has 1 aromatic carbocycles. The Morgan fingerprint density at radius 2 is 2.03 bits per heavy atom. The van der Waals surface area contributed by atoms with Gasteiger partial charge in [0.25, 0.3) is 0 Å². The van der Waals surface area contributed by atoms with Gasteiger partial charge in [-0.25, -0.2) is 0 Å². The standard InChI is InChI=1S/C22H34ClN7O/c1-2-21-28-27-18-30(21)12-10-26-22(24-8-4-11-29-13-15-31-16-14-29)25-9-7-19-5-3-6-20(23)17-19/h3,5-6,17-18H,2,4,7-16H2,1H3,(H2,24,25,26). The molecule has 1 saturated heterocycles. The van der Waals surface area contributed by atoms with E-state index in [1.165, 1.54) is 5.56 Å². The van der Waals surface area contributed by atoms with Gasteiger partial charge in [-0.3, -0.25) is 9.89 Å². The van der Waals surface area contributed by atoms with Gasteiger partial charge in [-0.15, -0.1) is 10.2 Å². The van der Waals surface area contributed by atoms with Crippen molar-refractivity contribution in [1.29, 1.82) is 0 Å². The first-order valence-corrected chi connectivity index (χ1v) is 11.6. The highest BCUT2D eigenvalue weighted by molar-refractivity contribution is 6.30. The summed E-state index contributed by atoms with van der Waals surface area (Å²) >= 11 is 6.10. The van der Waals surface area contributed by atoms with E-state index in [1.807, 2.05) is 18.2 Å². The second-order valence-electron chi connectivity index (χ2n) is 7.57. The number of aliphatic imine (C=N–C) groups is 1. The fraction of sp³-hybridized carbons (Fsp3) is 0.591. The molecule has 0 amide bonds. The van der Waals surface area contributed by atoms with Crippen LogP contribution in [0.25, 0.3) is 0 Å².